The fourth-order valence-electron chi connectivity index (χ4n) is 1.37. The number of sulfone groups is 1. The van der Waals surface area contributed by atoms with Gasteiger partial charge in [0.05, 0.1) is 11.0 Å². The van der Waals surface area contributed by atoms with Gasteiger partial charge in [0, 0.05) is 25.5 Å². The monoisotopic (exact) mass is 259 g/mol. The quantitative estimate of drug-likeness (QED) is 0.698. The Morgan fingerprint density at radius 2 is 2.12 bits per heavy atom. The Balaban J connectivity index is 2.05. The van der Waals surface area contributed by atoms with Crippen molar-refractivity contribution in [3.05, 3.63) is 18.5 Å². The highest BCUT2D eigenvalue weighted by Gasteiger charge is 2.14. The average molecular weight is 259 g/mol. The van der Waals surface area contributed by atoms with Crippen molar-refractivity contribution < 1.29 is 8.42 Å². The van der Waals surface area contributed by atoms with E-state index in [1.54, 1.807) is 20.0 Å². The molecule has 1 N–H and O–H groups in total. The molecule has 1 aromatic heterocycles. The van der Waals surface area contributed by atoms with Gasteiger partial charge in [0.2, 0.25) is 0 Å². The predicted octanol–water partition coefficient (Wildman–Crippen LogP) is 0.686. The van der Waals surface area contributed by atoms with E-state index in [-0.39, 0.29) is 11.0 Å². The van der Waals surface area contributed by atoms with Crippen molar-refractivity contribution in [3.63, 3.8) is 0 Å². The molecule has 0 aliphatic rings. The van der Waals surface area contributed by atoms with Gasteiger partial charge in [0.1, 0.15) is 0 Å². The highest BCUT2D eigenvalue weighted by molar-refractivity contribution is 7.92. The SMILES string of the molecule is CC(C)S(=O)(=O)CCNCCCn1cccn1. The van der Waals surface area contributed by atoms with E-state index < -0.39 is 9.84 Å². The molecule has 0 saturated heterocycles. The van der Waals surface area contributed by atoms with Gasteiger partial charge in [-0.25, -0.2) is 8.42 Å². The lowest BCUT2D eigenvalue weighted by Gasteiger charge is -2.08. The summed E-state index contributed by atoms with van der Waals surface area (Å²) in [6.07, 6.45) is 4.62. The molecule has 0 atom stereocenters. The number of hydrogen-bond donors (Lipinski definition) is 1. The molecular weight excluding hydrogens is 238 g/mol. The first-order valence-corrected chi connectivity index (χ1v) is 7.63. The third kappa shape index (κ3) is 5.32. The zero-order chi connectivity index (χ0) is 12.7. The Bertz CT molecular complexity index is 398. The molecule has 1 heterocycles. The first kappa shape index (κ1) is 14.2. The minimum absolute atomic E-state index is 0.215. The van der Waals surface area contributed by atoms with Crippen LogP contribution in [-0.4, -0.2) is 42.3 Å². The Morgan fingerprint density at radius 1 is 1.35 bits per heavy atom. The largest absolute Gasteiger partial charge is 0.316 e. The van der Waals surface area contributed by atoms with Crippen molar-refractivity contribution in [2.75, 3.05) is 18.8 Å². The van der Waals surface area contributed by atoms with Crippen LogP contribution in [0.1, 0.15) is 20.3 Å². The summed E-state index contributed by atoms with van der Waals surface area (Å²) in [6, 6.07) is 1.89. The molecule has 1 aromatic rings. The first-order chi connectivity index (χ1) is 8.02. The fourth-order valence-corrected chi connectivity index (χ4v) is 2.27. The zero-order valence-corrected chi connectivity index (χ0v) is 11.3. The van der Waals surface area contributed by atoms with Crippen molar-refractivity contribution in [1.82, 2.24) is 15.1 Å². The molecule has 98 valence electrons. The molecule has 0 bridgehead atoms. The Labute approximate surface area is 103 Å². The van der Waals surface area contributed by atoms with Crippen LogP contribution in [0.4, 0.5) is 0 Å². The van der Waals surface area contributed by atoms with Gasteiger partial charge in [0.15, 0.2) is 9.84 Å². The van der Waals surface area contributed by atoms with Gasteiger partial charge < -0.3 is 5.32 Å². The van der Waals surface area contributed by atoms with Gasteiger partial charge in [0.25, 0.3) is 0 Å². The topological polar surface area (TPSA) is 64.0 Å². The molecule has 0 fully saturated rings. The molecule has 0 radical (unpaired) electrons. The number of hydrogen-bond acceptors (Lipinski definition) is 4. The second-order valence-corrected chi connectivity index (χ2v) is 6.97. The van der Waals surface area contributed by atoms with Crippen LogP contribution < -0.4 is 5.32 Å². The maximum Gasteiger partial charge on any atom is 0.153 e. The van der Waals surface area contributed by atoms with Crippen LogP contribution in [0.3, 0.4) is 0 Å². The molecule has 6 heteroatoms. The van der Waals surface area contributed by atoms with Crippen LogP contribution in [-0.2, 0) is 16.4 Å². The molecule has 17 heavy (non-hydrogen) atoms. The fraction of sp³-hybridized carbons (Fsp3) is 0.727. The molecular formula is C11H21N3O2S. The average Bonchev–Trinajstić information content (AvgIpc) is 2.75. The molecule has 1 rings (SSSR count). The number of aromatic nitrogens is 2. The third-order valence-corrected chi connectivity index (χ3v) is 4.79. The van der Waals surface area contributed by atoms with Crippen molar-refractivity contribution in [2.24, 2.45) is 0 Å². The normalized spacial score (nSPS) is 12.2. The van der Waals surface area contributed by atoms with E-state index in [4.69, 9.17) is 0 Å². The second kappa shape index (κ2) is 6.76. The lowest BCUT2D eigenvalue weighted by atomic mass is 10.4. The lowest BCUT2D eigenvalue weighted by molar-refractivity contribution is 0.546. The molecule has 0 saturated carbocycles. The van der Waals surface area contributed by atoms with Gasteiger partial charge >= 0.3 is 0 Å². The Morgan fingerprint density at radius 3 is 2.71 bits per heavy atom. The van der Waals surface area contributed by atoms with Crippen molar-refractivity contribution >= 4 is 9.84 Å². The minimum Gasteiger partial charge on any atom is -0.316 e. The first-order valence-electron chi connectivity index (χ1n) is 5.92. The number of rotatable bonds is 8. The van der Waals surface area contributed by atoms with Gasteiger partial charge in [-0.2, -0.15) is 5.10 Å². The van der Waals surface area contributed by atoms with Crippen molar-refractivity contribution in [2.45, 2.75) is 32.1 Å². The molecule has 0 amide bonds. The van der Waals surface area contributed by atoms with Crippen LogP contribution in [0.5, 0.6) is 0 Å². The highest BCUT2D eigenvalue weighted by Crippen LogP contribution is 1.99. The number of aryl methyl sites for hydroxylation is 1. The highest BCUT2D eigenvalue weighted by atomic mass is 32.2. The van der Waals surface area contributed by atoms with Gasteiger partial charge in [-0.3, -0.25) is 4.68 Å². The molecule has 5 nitrogen and oxygen atoms in total. The van der Waals surface area contributed by atoms with Gasteiger partial charge in [-0.15, -0.1) is 0 Å². The van der Waals surface area contributed by atoms with E-state index in [2.05, 4.69) is 10.4 Å². The van der Waals surface area contributed by atoms with Crippen LogP contribution >= 0.6 is 0 Å². The molecule has 0 spiro atoms. The summed E-state index contributed by atoms with van der Waals surface area (Å²) in [6.45, 7) is 5.63. The summed E-state index contributed by atoms with van der Waals surface area (Å²) in [5.41, 5.74) is 0. The Hall–Kier alpha value is -0.880. The Kier molecular flexibility index (Phi) is 5.64. The van der Waals surface area contributed by atoms with Crippen molar-refractivity contribution in [3.8, 4) is 0 Å². The summed E-state index contributed by atoms with van der Waals surface area (Å²) in [5.74, 6) is 0.215. The summed E-state index contributed by atoms with van der Waals surface area (Å²) in [4.78, 5) is 0. The van der Waals surface area contributed by atoms with Crippen LogP contribution in [0.25, 0.3) is 0 Å². The molecule has 0 unspecified atom stereocenters. The van der Waals surface area contributed by atoms with Crippen LogP contribution in [0.2, 0.25) is 0 Å². The maximum absolute atomic E-state index is 11.5. The van der Waals surface area contributed by atoms with E-state index in [0.29, 0.717) is 6.54 Å². The summed E-state index contributed by atoms with van der Waals surface area (Å²) < 4.78 is 24.9. The standard InChI is InChI=1S/C11H21N3O2S/c1-11(2)17(15,16)10-7-12-5-3-8-14-9-4-6-13-14/h4,6,9,11-12H,3,5,7-8,10H2,1-2H3. The number of nitrogens with one attached hydrogen (secondary N) is 1. The van der Waals surface area contributed by atoms with E-state index in [9.17, 15) is 8.42 Å². The third-order valence-electron chi connectivity index (χ3n) is 2.58. The van der Waals surface area contributed by atoms with E-state index in [0.717, 1.165) is 19.5 Å². The van der Waals surface area contributed by atoms with Crippen LogP contribution in [0.15, 0.2) is 18.5 Å². The van der Waals surface area contributed by atoms with Crippen LogP contribution in [0, 0.1) is 0 Å². The summed E-state index contributed by atoms with van der Waals surface area (Å²) >= 11 is 0. The molecule has 0 aliphatic heterocycles. The molecule has 0 aromatic carbocycles. The molecule has 0 aliphatic carbocycles. The second-order valence-electron chi connectivity index (χ2n) is 4.29. The van der Waals surface area contributed by atoms with E-state index in [1.807, 2.05) is 16.9 Å². The summed E-state index contributed by atoms with van der Waals surface area (Å²) in [7, 11) is -2.91. The lowest BCUT2D eigenvalue weighted by Crippen LogP contribution is -2.28. The van der Waals surface area contributed by atoms with Gasteiger partial charge in [-0.1, -0.05) is 0 Å². The number of nitrogens with zero attached hydrogens (tertiary/aromatic N) is 2. The van der Waals surface area contributed by atoms with Gasteiger partial charge in [-0.05, 0) is 32.9 Å². The van der Waals surface area contributed by atoms with E-state index in [1.165, 1.54) is 0 Å². The van der Waals surface area contributed by atoms with Crippen molar-refractivity contribution in [1.29, 1.82) is 0 Å². The zero-order valence-electron chi connectivity index (χ0n) is 10.5. The predicted molar refractivity (Wildman–Crippen MR) is 68.6 cm³/mol. The smallest absolute Gasteiger partial charge is 0.153 e. The minimum atomic E-state index is -2.91. The summed E-state index contributed by atoms with van der Waals surface area (Å²) in [5, 5.41) is 6.94. The maximum atomic E-state index is 11.5. The van der Waals surface area contributed by atoms with E-state index >= 15 is 0 Å².